The summed E-state index contributed by atoms with van der Waals surface area (Å²) in [6, 6.07) is 5.33. The van der Waals surface area contributed by atoms with Crippen LogP contribution >= 0.6 is 15.9 Å². The van der Waals surface area contributed by atoms with Crippen molar-refractivity contribution in [3.63, 3.8) is 0 Å². The van der Waals surface area contributed by atoms with Gasteiger partial charge in [0.2, 0.25) is 0 Å². The zero-order chi connectivity index (χ0) is 13.5. The van der Waals surface area contributed by atoms with Gasteiger partial charge in [0.1, 0.15) is 11.8 Å². The van der Waals surface area contributed by atoms with Crippen LogP contribution in [0.2, 0.25) is 0 Å². The van der Waals surface area contributed by atoms with E-state index in [1.165, 1.54) is 6.20 Å². The number of rotatable bonds is 5. The Hall–Kier alpha value is -1.41. The molecule has 0 unspecified atom stereocenters. The lowest BCUT2D eigenvalue weighted by Gasteiger charge is -2.26. The van der Waals surface area contributed by atoms with Gasteiger partial charge in [0.25, 0.3) is 5.91 Å². The van der Waals surface area contributed by atoms with E-state index in [4.69, 9.17) is 5.26 Å². The molecule has 0 aliphatic rings. The number of carbonyl (C=O) groups excluding carboxylic acids is 1. The summed E-state index contributed by atoms with van der Waals surface area (Å²) in [6.07, 6.45) is 2.33. The first kappa shape index (κ1) is 14.7. The number of carbonyl (C=O) groups is 1. The molecule has 0 spiro atoms. The predicted molar refractivity (Wildman–Crippen MR) is 73.5 cm³/mol. The number of pyridine rings is 1. The monoisotopic (exact) mass is 309 g/mol. The van der Waals surface area contributed by atoms with Crippen molar-refractivity contribution in [1.29, 1.82) is 5.26 Å². The predicted octanol–water partition coefficient (Wildman–Crippen LogP) is 2.59. The Bertz CT molecular complexity index is 437. The molecule has 1 aromatic heterocycles. The molecule has 0 aliphatic carbocycles. The summed E-state index contributed by atoms with van der Waals surface area (Å²) in [5.41, 5.74) is 0.848. The fourth-order valence-electron chi connectivity index (χ4n) is 1.56. The standard InChI is InChI=1S/C13H16BrN3O/c1-10(2)17(7-3-6-14)13(18)12-5-4-11(8-15)9-16-12/h4-5,9-10H,3,6-7H2,1-2H3. The summed E-state index contributed by atoms with van der Waals surface area (Å²) in [6.45, 7) is 4.66. The summed E-state index contributed by atoms with van der Waals surface area (Å²) in [4.78, 5) is 18.1. The molecule has 0 aliphatic heterocycles. The fourth-order valence-corrected chi connectivity index (χ4v) is 1.81. The topological polar surface area (TPSA) is 57.0 Å². The van der Waals surface area contributed by atoms with E-state index in [1.54, 1.807) is 17.0 Å². The van der Waals surface area contributed by atoms with Crippen molar-refractivity contribution < 1.29 is 4.79 Å². The zero-order valence-corrected chi connectivity index (χ0v) is 12.1. The van der Waals surface area contributed by atoms with Gasteiger partial charge in [-0.1, -0.05) is 15.9 Å². The average Bonchev–Trinajstić information content (AvgIpc) is 2.38. The van der Waals surface area contributed by atoms with Gasteiger partial charge in [0, 0.05) is 24.1 Å². The maximum Gasteiger partial charge on any atom is 0.272 e. The van der Waals surface area contributed by atoms with Gasteiger partial charge in [-0.05, 0) is 32.4 Å². The van der Waals surface area contributed by atoms with Crippen LogP contribution in [0, 0.1) is 11.3 Å². The molecule has 0 N–H and O–H groups in total. The minimum Gasteiger partial charge on any atom is -0.335 e. The average molecular weight is 310 g/mol. The summed E-state index contributed by atoms with van der Waals surface area (Å²) < 4.78 is 0. The SMILES string of the molecule is CC(C)N(CCCBr)C(=O)c1ccc(C#N)cn1. The molecule has 96 valence electrons. The second-order valence-electron chi connectivity index (χ2n) is 4.18. The molecule has 1 aromatic rings. The van der Waals surface area contributed by atoms with Gasteiger partial charge in [-0.15, -0.1) is 0 Å². The number of amides is 1. The van der Waals surface area contributed by atoms with E-state index in [0.29, 0.717) is 17.8 Å². The third kappa shape index (κ3) is 3.81. The van der Waals surface area contributed by atoms with Gasteiger partial charge in [0.05, 0.1) is 5.56 Å². The molecule has 4 nitrogen and oxygen atoms in total. The Balaban J connectivity index is 2.84. The van der Waals surface area contributed by atoms with Crippen LogP contribution in [0.4, 0.5) is 0 Å². The molecule has 18 heavy (non-hydrogen) atoms. The van der Waals surface area contributed by atoms with Crippen LogP contribution in [0.5, 0.6) is 0 Å². The largest absolute Gasteiger partial charge is 0.335 e. The smallest absolute Gasteiger partial charge is 0.272 e. The maximum absolute atomic E-state index is 12.3. The lowest BCUT2D eigenvalue weighted by molar-refractivity contribution is 0.0700. The van der Waals surface area contributed by atoms with Crippen LogP contribution in [0.3, 0.4) is 0 Å². The van der Waals surface area contributed by atoms with Crippen molar-refractivity contribution in [2.75, 3.05) is 11.9 Å². The van der Waals surface area contributed by atoms with Crippen LogP contribution in [0.25, 0.3) is 0 Å². The number of alkyl halides is 1. The van der Waals surface area contributed by atoms with Crippen molar-refractivity contribution in [3.8, 4) is 6.07 Å². The summed E-state index contributed by atoms with van der Waals surface area (Å²) >= 11 is 3.36. The highest BCUT2D eigenvalue weighted by molar-refractivity contribution is 9.09. The summed E-state index contributed by atoms with van der Waals surface area (Å²) in [5, 5.41) is 9.56. The number of nitrogens with zero attached hydrogens (tertiary/aromatic N) is 3. The molecule has 1 rings (SSSR count). The highest BCUT2D eigenvalue weighted by atomic mass is 79.9. The molecule has 0 aromatic carbocycles. The Kier molecular flexibility index (Phi) is 5.79. The van der Waals surface area contributed by atoms with Crippen LogP contribution in [0.15, 0.2) is 18.3 Å². The fraction of sp³-hybridized carbons (Fsp3) is 0.462. The molecule has 1 heterocycles. The second-order valence-corrected chi connectivity index (χ2v) is 4.97. The van der Waals surface area contributed by atoms with E-state index in [1.807, 2.05) is 19.9 Å². The van der Waals surface area contributed by atoms with Crippen LogP contribution in [0.1, 0.15) is 36.3 Å². The van der Waals surface area contributed by atoms with Gasteiger partial charge < -0.3 is 4.90 Å². The highest BCUT2D eigenvalue weighted by Gasteiger charge is 2.19. The Morgan fingerprint density at radius 2 is 2.28 bits per heavy atom. The Morgan fingerprint density at radius 3 is 2.72 bits per heavy atom. The van der Waals surface area contributed by atoms with Crippen molar-refractivity contribution in [2.45, 2.75) is 26.3 Å². The van der Waals surface area contributed by atoms with E-state index >= 15 is 0 Å². The minimum absolute atomic E-state index is 0.0876. The molecule has 1 amide bonds. The normalized spacial score (nSPS) is 10.2. The highest BCUT2D eigenvalue weighted by Crippen LogP contribution is 2.08. The van der Waals surface area contributed by atoms with E-state index in [2.05, 4.69) is 20.9 Å². The van der Waals surface area contributed by atoms with Gasteiger partial charge >= 0.3 is 0 Å². The van der Waals surface area contributed by atoms with E-state index in [9.17, 15) is 4.79 Å². The first-order valence-electron chi connectivity index (χ1n) is 5.83. The lowest BCUT2D eigenvalue weighted by atomic mass is 10.2. The third-order valence-electron chi connectivity index (χ3n) is 2.53. The number of hydrogen-bond acceptors (Lipinski definition) is 3. The lowest BCUT2D eigenvalue weighted by Crippen LogP contribution is -2.38. The molecule has 0 bridgehead atoms. The molecule has 0 saturated heterocycles. The van der Waals surface area contributed by atoms with Gasteiger partial charge in [-0.3, -0.25) is 4.79 Å². The quantitative estimate of drug-likeness (QED) is 0.786. The van der Waals surface area contributed by atoms with E-state index in [0.717, 1.165) is 11.8 Å². The number of hydrogen-bond donors (Lipinski definition) is 0. The molecular weight excluding hydrogens is 294 g/mol. The molecule has 5 heteroatoms. The second kappa shape index (κ2) is 7.12. The van der Waals surface area contributed by atoms with Crippen molar-refractivity contribution >= 4 is 21.8 Å². The molecule has 0 radical (unpaired) electrons. The number of aromatic nitrogens is 1. The third-order valence-corrected chi connectivity index (χ3v) is 3.09. The Labute approximate surface area is 116 Å². The van der Waals surface area contributed by atoms with E-state index < -0.39 is 0 Å². The van der Waals surface area contributed by atoms with Crippen molar-refractivity contribution in [1.82, 2.24) is 9.88 Å². The minimum atomic E-state index is -0.0876. The van der Waals surface area contributed by atoms with Crippen molar-refractivity contribution in [3.05, 3.63) is 29.6 Å². The Morgan fingerprint density at radius 1 is 1.56 bits per heavy atom. The molecule has 0 fully saturated rings. The van der Waals surface area contributed by atoms with Gasteiger partial charge in [-0.25, -0.2) is 4.98 Å². The summed E-state index contributed by atoms with van der Waals surface area (Å²) in [7, 11) is 0. The van der Waals surface area contributed by atoms with Gasteiger partial charge in [-0.2, -0.15) is 5.26 Å². The zero-order valence-electron chi connectivity index (χ0n) is 10.6. The molecular formula is C13H16BrN3O. The first-order chi connectivity index (χ1) is 8.60. The molecule has 0 saturated carbocycles. The van der Waals surface area contributed by atoms with Crippen LogP contribution in [-0.2, 0) is 0 Å². The van der Waals surface area contributed by atoms with Crippen molar-refractivity contribution in [2.24, 2.45) is 0 Å². The van der Waals surface area contributed by atoms with Gasteiger partial charge in [0.15, 0.2) is 0 Å². The number of halogens is 1. The first-order valence-corrected chi connectivity index (χ1v) is 6.95. The van der Waals surface area contributed by atoms with E-state index in [-0.39, 0.29) is 11.9 Å². The summed E-state index contributed by atoms with van der Waals surface area (Å²) in [5.74, 6) is -0.0876. The number of nitriles is 1. The van der Waals surface area contributed by atoms with Crippen LogP contribution in [-0.4, -0.2) is 33.7 Å². The van der Waals surface area contributed by atoms with Crippen LogP contribution < -0.4 is 0 Å². The maximum atomic E-state index is 12.3. The molecule has 0 atom stereocenters.